The number of hydrogen-bond acceptors (Lipinski definition) is 2. The van der Waals surface area contributed by atoms with Gasteiger partial charge in [0.15, 0.2) is 0 Å². The number of fused-ring (bicyclic) bond motifs is 2. The molecule has 1 aliphatic carbocycles. The average molecular weight is 372 g/mol. The van der Waals surface area contributed by atoms with Crippen LogP contribution in [0.1, 0.15) is 18.4 Å². The molecule has 2 aromatic carbocycles. The summed E-state index contributed by atoms with van der Waals surface area (Å²) in [5, 5.41) is 10.7. The van der Waals surface area contributed by atoms with Gasteiger partial charge >= 0.3 is 0 Å². The van der Waals surface area contributed by atoms with E-state index in [-0.39, 0.29) is 10.8 Å². The van der Waals surface area contributed by atoms with Crippen molar-refractivity contribution >= 4 is 34.1 Å². The van der Waals surface area contributed by atoms with Gasteiger partial charge in [0.25, 0.3) is 0 Å². The van der Waals surface area contributed by atoms with Gasteiger partial charge in [0.05, 0.1) is 21.8 Å². The van der Waals surface area contributed by atoms with Gasteiger partial charge in [-0.25, -0.2) is 0 Å². The number of benzene rings is 2. The Labute approximate surface area is 156 Å². The van der Waals surface area contributed by atoms with E-state index in [1.165, 1.54) is 22.9 Å². The van der Waals surface area contributed by atoms with Crippen molar-refractivity contribution in [1.29, 1.82) is 0 Å². The summed E-state index contributed by atoms with van der Waals surface area (Å²) in [7, 11) is 0. The molecule has 2 atom stereocenters. The molecular formula is C20H19Cl2N3. The monoisotopic (exact) mass is 371 g/mol. The van der Waals surface area contributed by atoms with Gasteiger partial charge in [-0.2, -0.15) is 5.10 Å². The van der Waals surface area contributed by atoms with E-state index >= 15 is 0 Å². The standard InChI is InChI=1S/C20H19Cl2N3/c21-16-6-5-15(9-17(16)22)20-7-8-23-12-19(20,11-20)13-25-18-4-2-1-3-14(18)10-24-25/h1-6,9-10,23H,7-8,11-13H2/t19?,20-/m1/s1. The number of nitrogens with zero attached hydrogens (tertiary/aromatic N) is 2. The molecule has 2 aliphatic rings. The van der Waals surface area contributed by atoms with Crippen molar-refractivity contribution in [2.45, 2.75) is 24.8 Å². The Morgan fingerprint density at radius 3 is 2.88 bits per heavy atom. The normalized spacial score (nSPS) is 28.1. The van der Waals surface area contributed by atoms with Gasteiger partial charge in [0, 0.05) is 29.3 Å². The third kappa shape index (κ3) is 2.26. The minimum Gasteiger partial charge on any atom is -0.316 e. The summed E-state index contributed by atoms with van der Waals surface area (Å²) in [5.74, 6) is 0. The molecule has 1 unspecified atom stereocenters. The predicted octanol–water partition coefficient (Wildman–Crippen LogP) is 4.66. The van der Waals surface area contributed by atoms with Crippen LogP contribution in [0.2, 0.25) is 10.0 Å². The van der Waals surface area contributed by atoms with Crippen molar-refractivity contribution in [2.24, 2.45) is 5.41 Å². The van der Waals surface area contributed by atoms with Crippen LogP contribution in [0.5, 0.6) is 0 Å². The van der Waals surface area contributed by atoms with E-state index in [4.69, 9.17) is 23.2 Å². The van der Waals surface area contributed by atoms with Crippen LogP contribution in [-0.4, -0.2) is 22.9 Å². The van der Waals surface area contributed by atoms with Crippen LogP contribution in [0.25, 0.3) is 10.9 Å². The summed E-state index contributed by atoms with van der Waals surface area (Å²) in [5.41, 5.74) is 2.90. The summed E-state index contributed by atoms with van der Waals surface area (Å²) in [6.07, 6.45) is 4.26. The molecule has 0 bridgehead atoms. The van der Waals surface area contributed by atoms with Crippen LogP contribution < -0.4 is 5.32 Å². The van der Waals surface area contributed by atoms with Crippen molar-refractivity contribution in [3.05, 3.63) is 64.3 Å². The predicted molar refractivity (Wildman–Crippen MR) is 102 cm³/mol. The lowest BCUT2D eigenvalue weighted by molar-refractivity contribution is 0.278. The second-order valence-electron chi connectivity index (χ2n) is 7.46. The third-order valence-electron chi connectivity index (χ3n) is 6.20. The Balaban J connectivity index is 1.54. The molecular weight excluding hydrogens is 353 g/mol. The highest BCUT2D eigenvalue weighted by molar-refractivity contribution is 6.42. The quantitative estimate of drug-likeness (QED) is 0.725. The molecule has 0 spiro atoms. The number of nitrogens with one attached hydrogen (secondary N) is 1. The van der Waals surface area contributed by atoms with E-state index in [0.717, 1.165) is 26.1 Å². The summed E-state index contributed by atoms with van der Waals surface area (Å²) < 4.78 is 2.17. The van der Waals surface area contributed by atoms with Crippen molar-refractivity contribution in [3.8, 4) is 0 Å². The maximum Gasteiger partial charge on any atom is 0.0682 e. The molecule has 2 fully saturated rings. The molecule has 2 heterocycles. The van der Waals surface area contributed by atoms with E-state index in [9.17, 15) is 0 Å². The topological polar surface area (TPSA) is 29.9 Å². The minimum atomic E-state index is 0.180. The smallest absolute Gasteiger partial charge is 0.0682 e. The van der Waals surface area contributed by atoms with Crippen LogP contribution in [0.15, 0.2) is 48.7 Å². The molecule has 1 saturated carbocycles. The van der Waals surface area contributed by atoms with Crippen LogP contribution in [0.4, 0.5) is 0 Å². The number of piperidine rings is 1. The zero-order valence-corrected chi connectivity index (χ0v) is 15.3. The summed E-state index contributed by atoms with van der Waals surface area (Å²) in [4.78, 5) is 0. The second kappa shape index (κ2) is 5.47. The zero-order chi connectivity index (χ0) is 17.1. The largest absolute Gasteiger partial charge is 0.316 e. The molecule has 25 heavy (non-hydrogen) atoms. The first-order valence-electron chi connectivity index (χ1n) is 8.70. The van der Waals surface area contributed by atoms with E-state index in [1.807, 2.05) is 12.3 Å². The third-order valence-corrected chi connectivity index (χ3v) is 6.94. The van der Waals surface area contributed by atoms with Crippen molar-refractivity contribution in [1.82, 2.24) is 15.1 Å². The molecule has 128 valence electrons. The maximum atomic E-state index is 6.31. The molecule has 5 heteroatoms. The summed E-state index contributed by atoms with van der Waals surface area (Å²) in [6.45, 7) is 2.98. The fraction of sp³-hybridized carbons (Fsp3) is 0.350. The lowest BCUT2D eigenvalue weighted by Crippen LogP contribution is -2.41. The van der Waals surface area contributed by atoms with Gasteiger partial charge < -0.3 is 5.32 Å². The van der Waals surface area contributed by atoms with Crippen LogP contribution >= 0.6 is 23.2 Å². The number of halogens is 2. The van der Waals surface area contributed by atoms with Gasteiger partial charge in [0.2, 0.25) is 0 Å². The highest BCUT2D eigenvalue weighted by atomic mass is 35.5. The Kier molecular flexibility index (Phi) is 3.43. The summed E-state index contributed by atoms with van der Waals surface area (Å²) in [6, 6.07) is 14.6. The van der Waals surface area contributed by atoms with Gasteiger partial charge in [-0.1, -0.05) is 47.5 Å². The number of rotatable bonds is 3. The molecule has 1 N–H and O–H groups in total. The summed E-state index contributed by atoms with van der Waals surface area (Å²) >= 11 is 12.5. The first-order valence-corrected chi connectivity index (χ1v) is 9.46. The van der Waals surface area contributed by atoms with Crippen molar-refractivity contribution in [2.75, 3.05) is 13.1 Å². The van der Waals surface area contributed by atoms with Gasteiger partial charge in [0.1, 0.15) is 0 Å². The fourth-order valence-corrected chi connectivity index (χ4v) is 5.09. The lowest BCUT2D eigenvalue weighted by Gasteiger charge is -2.32. The Hall–Kier alpha value is -1.55. The van der Waals surface area contributed by atoms with E-state index < -0.39 is 0 Å². The SMILES string of the molecule is Clc1ccc([C@]23CCNCC2(Cn2ncc4ccccc42)C3)cc1Cl. The molecule has 0 amide bonds. The number of aromatic nitrogens is 2. The van der Waals surface area contributed by atoms with E-state index in [0.29, 0.717) is 10.0 Å². The molecule has 3 nitrogen and oxygen atoms in total. The molecule has 1 aromatic heterocycles. The molecule has 1 saturated heterocycles. The average Bonchev–Trinajstić information content (AvgIpc) is 3.16. The number of hydrogen-bond donors (Lipinski definition) is 1. The molecule has 3 aromatic rings. The van der Waals surface area contributed by atoms with Gasteiger partial charge in [-0.3, -0.25) is 4.68 Å². The molecule has 0 radical (unpaired) electrons. The van der Waals surface area contributed by atoms with Crippen molar-refractivity contribution < 1.29 is 0 Å². The molecule has 5 rings (SSSR count). The Morgan fingerprint density at radius 2 is 2.00 bits per heavy atom. The van der Waals surface area contributed by atoms with E-state index in [2.05, 4.69) is 51.5 Å². The Morgan fingerprint density at radius 1 is 1.12 bits per heavy atom. The van der Waals surface area contributed by atoms with E-state index in [1.54, 1.807) is 0 Å². The van der Waals surface area contributed by atoms with Crippen molar-refractivity contribution in [3.63, 3.8) is 0 Å². The highest BCUT2D eigenvalue weighted by Gasteiger charge is 2.68. The number of para-hydroxylation sites is 1. The fourth-order valence-electron chi connectivity index (χ4n) is 4.80. The molecule has 1 aliphatic heterocycles. The van der Waals surface area contributed by atoms with Crippen LogP contribution in [0, 0.1) is 5.41 Å². The zero-order valence-electron chi connectivity index (χ0n) is 13.8. The van der Waals surface area contributed by atoms with Crippen LogP contribution in [-0.2, 0) is 12.0 Å². The van der Waals surface area contributed by atoms with Gasteiger partial charge in [-0.15, -0.1) is 0 Å². The van der Waals surface area contributed by atoms with Gasteiger partial charge in [-0.05, 0) is 43.1 Å². The first kappa shape index (κ1) is 15.7. The minimum absolute atomic E-state index is 0.180. The first-order chi connectivity index (χ1) is 12.1. The second-order valence-corrected chi connectivity index (χ2v) is 8.27. The highest BCUT2D eigenvalue weighted by Crippen LogP contribution is 2.68. The lowest BCUT2D eigenvalue weighted by atomic mass is 9.81. The maximum absolute atomic E-state index is 6.31. The van der Waals surface area contributed by atoms with Crippen LogP contribution in [0.3, 0.4) is 0 Å². The Bertz CT molecular complexity index is 966.